The molecular weight excluding hydrogens is 220 g/mol. The first-order valence-corrected chi connectivity index (χ1v) is 6.20. The van der Waals surface area contributed by atoms with Crippen molar-refractivity contribution in [3.8, 4) is 0 Å². The van der Waals surface area contributed by atoms with Crippen molar-refractivity contribution < 1.29 is 14.7 Å². The summed E-state index contributed by atoms with van der Waals surface area (Å²) < 4.78 is 0. The van der Waals surface area contributed by atoms with Gasteiger partial charge in [0.15, 0.2) is 0 Å². The first-order valence-electron chi connectivity index (χ1n) is 6.20. The predicted molar refractivity (Wildman–Crippen MR) is 64.8 cm³/mol. The van der Waals surface area contributed by atoms with Crippen molar-refractivity contribution in [1.29, 1.82) is 0 Å². The van der Waals surface area contributed by atoms with Crippen molar-refractivity contribution in [2.75, 3.05) is 6.54 Å². The number of urea groups is 1. The molecule has 1 aliphatic carbocycles. The Hall–Kier alpha value is -1.26. The summed E-state index contributed by atoms with van der Waals surface area (Å²) in [7, 11) is 0. The summed E-state index contributed by atoms with van der Waals surface area (Å²) in [6.07, 6.45) is 1.99. The van der Waals surface area contributed by atoms with Gasteiger partial charge in [-0.25, -0.2) is 4.79 Å². The molecule has 2 amide bonds. The summed E-state index contributed by atoms with van der Waals surface area (Å²) in [5.41, 5.74) is 0. The minimum Gasteiger partial charge on any atom is -0.481 e. The lowest BCUT2D eigenvalue weighted by Crippen LogP contribution is -2.47. The van der Waals surface area contributed by atoms with E-state index in [1.54, 1.807) is 4.90 Å². The maximum Gasteiger partial charge on any atom is 0.317 e. The fourth-order valence-electron chi connectivity index (χ4n) is 1.50. The molecule has 0 bridgehead atoms. The van der Waals surface area contributed by atoms with E-state index in [0.717, 1.165) is 12.8 Å². The van der Waals surface area contributed by atoms with E-state index in [0.29, 0.717) is 12.5 Å². The smallest absolute Gasteiger partial charge is 0.317 e. The highest BCUT2D eigenvalue weighted by atomic mass is 16.4. The van der Waals surface area contributed by atoms with Gasteiger partial charge in [-0.1, -0.05) is 13.8 Å². The Bertz CT molecular complexity index is 287. The zero-order valence-electron chi connectivity index (χ0n) is 10.8. The number of carbonyl (C=O) groups excluding carboxylic acids is 1. The van der Waals surface area contributed by atoms with Crippen LogP contribution in [0.4, 0.5) is 4.79 Å². The van der Waals surface area contributed by atoms with Gasteiger partial charge in [-0.15, -0.1) is 0 Å². The molecule has 1 fully saturated rings. The molecule has 1 unspecified atom stereocenters. The highest BCUT2D eigenvalue weighted by Crippen LogP contribution is 2.27. The number of carbonyl (C=O) groups is 2. The highest BCUT2D eigenvalue weighted by molar-refractivity contribution is 5.76. The number of hydrogen-bond acceptors (Lipinski definition) is 2. The minimum absolute atomic E-state index is 0.0139. The van der Waals surface area contributed by atoms with E-state index >= 15 is 0 Å². The number of rotatable bonds is 6. The Balaban J connectivity index is 2.46. The Labute approximate surface area is 102 Å². The van der Waals surface area contributed by atoms with Crippen LogP contribution in [0.1, 0.15) is 40.0 Å². The van der Waals surface area contributed by atoms with Crippen molar-refractivity contribution in [2.24, 2.45) is 5.92 Å². The van der Waals surface area contributed by atoms with E-state index in [1.165, 1.54) is 0 Å². The molecule has 0 saturated heterocycles. The first-order chi connectivity index (χ1) is 7.91. The van der Waals surface area contributed by atoms with Crippen LogP contribution >= 0.6 is 0 Å². The molecule has 0 heterocycles. The zero-order chi connectivity index (χ0) is 13.0. The average molecular weight is 242 g/mol. The second kappa shape index (κ2) is 5.89. The van der Waals surface area contributed by atoms with E-state index in [9.17, 15) is 9.59 Å². The summed E-state index contributed by atoms with van der Waals surface area (Å²) in [4.78, 5) is 24.2. The van der Waals surface area contributed by atoms with Gasteiger partial charge < -0.3 is 15.3 Å². The summed E-state index contributed by atoms with van der Waals surface area (Å²) in [5.74, 6) is -0.486. The fourth-order valence-corrected chi connectivity index (χ4v) is 1.50. The van der Waals surface area contributed by atoms with Gasteiger partial charge in [-0.3, -0.25) is 4.79 Å². The number of hydrogen-bond donors (Lipinski definition) is 2. The first kappa shape index (κ1) is 13.8. The average Bonchev–Trinajstić information content (AvgIpc) is 3.01. The number of amides is 2. The zero-order valence-corrected chi connectivity index (χ0v) is 10.8. The number of carboxylic acids is 1. The van der Waals surface area contributed by atoms with E-state index in [1.807, 2.05) is 20.8 Å². The Morgan fingerprint density at radius 2 is 1.94 bits per heavy atom. The molecule has 0 aromatic heterocycles. The molecule has 17 heavy (non-hydrogen) atoms. The maximum absolute atomic E-state index is 12.0. The van der Waals surface area contributed by atoms with Gasteiger partial charge in [-0.2, -0.15) is 0 Å². The fraction of sp³-hybridized carbons (Fsp3) is 0.833. The molecule has 0 aliphatic heterocycles. The SMILES string of the molecule is CC(C)C(C)NC(=O)N(CCC(=O)O)C1CC1. The normalized spacial score (nSPS) is 16.7. The second-order valence-corrected chi connectivity index (χ2v) is 5.05. The molecule has 5 heteroatoms. The van der Waals surface area contributed by atoms with Crippen molar-refractivity contribution in [3.05, 3.63) is 0 Å². The third-order valence-corrected chi connectivity index (χ3v) is 3.17. The third-order valence-electron chi connectivity index (χ3n) is 3.17. The molecule has 1 rings (SSSR count). The molecule has 1 aliphatic rings. The van der Waals surface area contributed by atoms with Crippen molar-refractivity contribution in [2.45, 2.75) is 52.1 Å². The van der Waals surface area contributed by atoms with Crippen LogP contribution in [0.25, 0.3) is 0 Å². The molecule has 0 aromatic carbocycles. The van der Waals surface area contributed by atoms with Crippen LogP contribution in [0.15, 0.2) is 0 Å². The molecule has 1 atom stereocenters. The van der Waals surface area contributed by atoms with Crippen molar-refractivity contribution in [1.82, 2.24) is 10.2 Å². The van der Waals surface area contributed by atoms with E-state index < -0.39 is 5.97 Å². The standard InChI is InChI=1S/C12H22N2O3/c1-8(2)9(3)13-12(17)14(10-4-5-10)7-6-11(15)16/h8-10H,4-7H2,1-3H3,(H,13,17)(H,15,16). The Morgan fingerprint density at radius 3 is 2.35 bits per heavy atom. The molecular formula is C12H22N2O3. The van der Waals surface area contributed by atoms with Crippen LogP contribution in [0.2, 0.25) is 0 Å². The van der Waals surface area contributed by atoms with Crippen LogP contribution in [-0.2, 0) is 4.79 Å². The van der Waals surface area contributed by atoms with Crippen molar-refractivity contribution in [3.63, 3.8) is 0 Å². The van der Waals surface area contributed by atoms with Gasteiger partial charge >= 0.3 is 12.0 Å². The largest absolute Gasteiger partial charge is 0.481 e. The van der Waals surface area contributed by atoms with Crippen molar-refractivity contribution >= 4 is 12.0 Å². The van der Waals surface area contributed by atoms with Gasteiger partial charge in [0.2, 0.25) is 0 Å². The monoisotopic (exact) mass is 242 g/mol. The lowest BCUT2D eigenvalue weighted by molar-refractivity contribution is -0.137. The predicted octanol–water partition coefficient (Wildman–Crippen LogP) is 1.68. The number of carboxylic acid groups (broad SMARTS) is 1. The van der Waals surface area contributed by atoms with Crippen LogP contribution in [0.3, 0.4) is 0 Å². The molecule has 0 radical (unpaired) electrons. The Kier molecular flexibility index (Phi) is 4.78. The van der Waals surface area contributed by atoms with Gasteiger partial charge in [0, 0.05) is 18.6 Å². The van der Waals surface area contributed by atoms with E-state index in [2.05, 4.69) is 5.32 Å². The third kappa shape index (κ3) is 4.63. The van der Waals surface area contributed by atoms with Gasteiger partial charge in [0.1, 0.15) is 0 Å². The van der Waals surface area contributed by atoms with Crippen LogP contribution in [0.5, 0.6) is 0 Å². The Morgan fingerprint density at radius 1 is 1.35 bits per heavy atom. The van der Waals surface area contributed by atoms with Gasteiger partial charge in [-0.05, 0) is 25.7 Å². The van der Waals surface area contributed by atoms with Gasteiger partial charge in [0.25, 0.3) is 0 Å². The minimum atomic E-state index is -0.861. The highest BCUT2D eigenvalue weighted by Gasteiger charge is 2.33. The van der Waals surface area contributed by atoms with Crippen LogP contribution in [-0.4, -0.2) is 40.6 Å². The molecule has 2 N–H and O–H groups in total. The molecule has 5 nitrogen and oxygen atoms in total. The number of nitrogens with zero attached hydrogens (tertiary/aromatic N) is 1. The molecule has 98 valence electrons. The van der Waals surface area contributed by atoms with Crippen LogP contribution < -0.4 is 5.32 Å². The molecule has 1 saturated carbocycles. The lowest BCUT2D eigenvalue weighted by Gasteiger charge is -2.26. The van der Waals surface area contributed by atoms with E-state index in [4.69, 9.17) is 5.11 Å². The summed E-state index contributed by atoms with van der Waals surface area (Å²) in [5, 5.41) is 11.6. The molecule has 0 spiro atoms. The second-order valence-electron chi connectivity index (χ2n) is 5.05. The van der Waals surface area contributed by atoms with Crippen LogP contribution in [0, 0.1) is 5.92 Å². The lowest BCUT2D eigenvalue weighted by atomic mass is 10.1. The van der Waals surface area contributed by atoms with E-state index in [-0.39, 0.29) is 24.5 Å². The summed E-state index contributed by atoms with van der Waals surface area (Å²) in [6.45, 7) is 6.36. The molecule has 0 aromatic rings. The number of nitrogens with one attached hydrogen (secondary N) is 1. The maximum atomic E-state index is 12.0. The summed E-state index contributed by atoms with van der Waals surface area (Å²) in [6, 6.07) is 0.220. The quantitative estimate of drug-likeness (QED) is 0.744. The number of aliphatic carboxylic acids is 1. The summed E-state index contributed by atoms with van der Waals surface area (Å²) >= 11 is 0. The van der Waals surface area contributed by atoms with Gasteiger partial charge in [0.05, 0.1) is 6.42 Å². The topological polar surface area (TPSA) is 69.6 Å².